The van der Waals surface area contributed by atoms with Crippen molar-refractivity contribution in [1.29, 1.82) is 0 Å². The molecule has 2 aliphatic heterocycles. The lowest BCUT2D eigenvalue weighted by atomic mass is 9.84. The number of aryl methyl sites for hydroxylation is 1. The SMILES string of the molecule is Cc1ccc(C(C)(C)C)cc1/C(O)=C1\C(=O)C(=O)N(c2ccc3c(c2)OCCO3)C1c1ccccc1. The van der Waals surface area contributed by atoms with Crippen molar-refractivity contribution in [2.45, 2.75) is 39.2 Å². The van der Waals surface area contributed by atoms with Crippen molar-refractivity contribution in [2.75, 3.05) is 18.1 Å². The highest BCUT2D eigenvalue weighted by molar-refractivity contribution is 6.51. The number of benzene rings is 3. The Kier molecular flexibility index (Phi) is 5.83. The number of aliphatic hydroxyl groups excluding tert-OH is 1. The zero-order chi connectivity index (χ0) is 25.6. The molecule has 0 aliphatic carbocycles. The number of rotatable bonds is 3. The Balaban J connectivity index is 1.71. The van der Waals surface area contributed by atoms with Crippen LogP contribution in [-0.4, -0.2) is 30.0 Å². The third-order valence-corrected chi connectivity index (χ3v) is 6.72. The quantitative estimate of drug-likeness (QED) is 0.294. The van der Waals surface area contributed by atoms with Crippen LogP contribution in [0, 0.1) is 6.92 Å². The van der Waals surface area contributed by atoms with Crippen LogP contribution in [0.4, 0.5) is 5.69 Å². The zero-order valence-corrected chi connectivity index (χ0v) is 20.9. The van der Waals surface area contributed by atoms with Gasteiger partial charge in [-0.2, -0.15) is 0 Å². The first kappa shape index (κ1) is 23.7. The van der Waals surface area contributed by atoms with Crippen LogP contribution in [-0.2, 0) is 15.0 Å². The van der Waals surface area contributed by atoms with Gasteiger partial charge in [0.1, 0.15) is 19.0 Å². The molecule has 0 bridgehead atoms. The number of hydrogen-bond donors (Lipinski definition) is 1. The van der Waals surface area contributed by atoms with E-state index in [2.05, 4.69) is 20.8 Å². The Bertz CT molecular complexity index is 1380. The third kappa shape index (κ3) is 4.02. The molecule has 6 heteroatoms. The van der Waals surface area contributed by atoms with Crippen LogP contribution in [0.2, 0.25) is 0 Å². The number of carbonyl (C=O) groups excluding carboxylic acids is 2. The number of aliphatic hydroxyl groups is 1. The van der Waals surface area contributed by atoms with Crippen molar-refractivity contribution in [3.8, 4) is 11.5 Å². The minimum atomic E-state index is -0.800. The molecular weight excluding hydrogens is 454 g/mol. The second-order valence-corrected chi connectivity index (χ2v) is 10.2. The first-order chi connectivity index (χ1) is 17.2. The van der Waals surface area contributed by atoms with Crippen LogP contribution in [0.15, 0.2) is 72.3 Å². The zero-order valence-electron chi connectivity index (χ0n) is 20.9. The number of fused-ring (bicyclic) bond motifs is 1. The molecule has 2 heterocycles. The van der Waals surface area contributed by atoms with Crippen LogP contribution in [0.1, 0.15) is 49.1 Å². The number of ether oxygens (including phenoxy) is 2. The van der Waals surface area contributed by atoms with Gasteiger partial charge >= 0.3 is 0 Å². The van der Waals surface area contributed by atoms with Gasteiger partial charge in [0.25, 0.3) is 11.7 Å². The van der Waals surface area contributed by atoms with Crippen LogP contribution >= 0.6 is 0 Å². The van der Waals surface area contributed by atoms with Gasteiger partial charge in [0, 0.05) is 17.3 Å². The normalized spacial score (nSPS) is 19.0. The van der Waals surface area contributed by atoms with E-state index in [0.717, 1.165) is 16.7 Å². The molecule has 1 fully saturated rings. The van der Waals surface area contributed by atoms with Gasteiger partial charge in [0.15, 0.2) is 11.5 Å². The number of nitrogens with zero attached hydrogens (tertiary/aromatic N) is 1. The van der Waals surface area contributed by atoms with Gasteiger partial charge in [-0.05, 0) is 47.2 Å². The highest BCUT2D eigenvalue weighted by Crippen LogP contribution is 2.45. The molecule has 0 spiro atoms. The fourth-order valence-electron chi connectivity index (χ4n) is 4.72. The Labute approximate surface area is 210 Å². The molecule has 1 amide bonds. The lowest BCUT2D eigenvalue weighted by Crippen LogP contribution is -2.29. The van der Waals surface area contributed by atoms with E-state index in [1.807, 2.05) is 55.5 Å². The van der Waals surface area contributed by atoms with E-state index in [1.165, 1.54) is 4.90 Å². The van der Waals surface area contributed by atoms with Gasteiger partial charge < -0.3 is 14.6 Å². The average molecular weight is 484 g/mol. The van der Waals surface area contributed by atoms with E-state index >= 15 is 0 Å². The summed E-state index contributed by atoms with van der Waals surface area (Å²) in [5.41, 5.74) is 3.51. The molecule has 36 heavy (non-hydrogen) atoms. The van der Waals surface area contributed by atoms with Crippen LogP contribution in [0.5, 0.6) is 11.5 Å². The minimum absolute atomic E-state index is 0.0650. The van der Waals surface area contributed by atoms with Crippen LogP contribution in [0.3, 0.4) is 0 Å². The van der Waals surface area contributed by atoms with Crippen molar-refractivity contribution >= 4 is 23.1 Å². The summed E-state index contributed by atoms with van der Waals surface area (Å²) in [6.07, 6.45) is 0. The molecule has 3 aromatic rings. The van der Waals surface area contributed by atoms with Gasteiger partial charge in [-0.3, -0.25) is 14.5 Å². The molecule has 1 saturated heterocycles. The van der Waals surface area contributed by atoms with Crippen LogP contribution < -0.4 is 14.4 Å². The third-order valence-electron chi connectivity index (χ3n) is 6.72. The first-order valence-corrected chi connectivity index (χ1v) is 12.0. The number of amides is 1. The van der Waals surface area contributed by atoms with E-state index in [0.29, 0.717) is 36.0 Å². The van der Waals surface area contributed by atoms with E-state index in [9.17, 15) is 14.7 Å². The van der Waals surface area contributed by atoms with Gasteiger partial charge in [0.05, 0.1) is 11.6 Å². The fourth-order valence-corrected chi connectivity index (χ4v) is 4.72. The number of hydrogen-bond acceptors (Lipinski definition) is 5. The predicted octanol–water partition coefficient (Wildman–Crippen LogP) is 5.69. The van der Waals surface area contributed by atoms with E-state index in [4.69, 9.17) is 9.47 Å². The molecule has 2 aliphatic rings. The van der Waals surface area contributed by atoms with Gasteiger partial charge in [-0.25, -0.2) is 0 Å². The van der Waals surface area contributed by atoms with Crippen molar-refractivity contribution in [3.05, 3.63) is 94.6 Å². The summed E-state index contributed by atoms with van der Waals surface area (Å²) >= 11 is 0. The highest BCUT2D eigenvalue weighted by atomic mass is 16.6. The molecule has 184 valence electrons. The second-order valence-electron chi connectivity index (χ2n) is 10.2. The highest BCUT2D eigenvalue weighted by Gasteiger charge is 2.47. The maximum atomic E-state index is 13.5. The summed E-state index contributed by atoms with van der Waals surface area (Å²) in [7, 11) is 0. The monoisotopic (exact) mass is 483 g/mol. The fraction of sp³-hybridized carbons (Fsp3) is 0.267. The summed E-state index contributed by atoms with van der Waals surface area (Å²) in [6, 6.07) is 19.5. The van der Waals surface area contributed by atoms with E-state index in [1.54, 1.807) is 18.2 Å². The number of ketones is 1. The molecule has 0 radical (unpaired) electrons. The topological polar surface area (TPSA) is 76.1 Å². The summed E-state index contributed by atoms with van der Waals surface area (Å²) in [4.78, 5) is 28.4. The van der Waals surface area contributed by atoms with Gasteiger partial charge in [-0.15, -0.1) is 0 Å². The number of carbonyl (C=O) groups is 2. The number of Topliss-reactive ketones (excluding diaryl/α,β-unsaturated/α-hetero) is 1. The second kappa shape index (κ2) is 8.86. The Hall–Kier alpha value is -4.06. The van der Waals surface area contributed by atoms with Crippen molar-refractivity contribution in [1.82, 2.24) is 0 Å². The summed E-state index contributed by atoms with van der Waals surface area (Å²) in [5, 5.41) is 11.6. The number of anilines is 1. The lowest BCUT2D eigenvalue weighted by molar-refractivity contribution is -0.132. The Morgan fingerprint density at radius 2 is 1.61 bits per heavy atom. The standard InChI is InChI=1S/C30H29NO5/c1-18-10-11-20(30(2,3)4)16-22(18)27(32)25-26(19-8-6-5-7-9-19)31(29(34)28(25)33)21-12-13-23-24(17-21)36-15-14-35-23/h5-13,16-17,26,32H,14-15H2,1-4H3/b27-25+. The van der Waals surface area contributed by atoms with Gasteiger partial charge in [-0.1, -0.05) is 63.2 Å². The minimum Gasteiger partial charge on any atom is -0.507 e. The summed E-state index contributed by atoms with van der Waals surface area (Å²) in [5.74, 6) is -0.497. The summed E-state index contributed by atoms with van der Waals surface area (Å²) in [6.45, 7) is 9.01. The first-order valence-electron chi connectivity index (χ1n) is 12.0. The lowest BCUT2D eigenvalue weighted by Gasteiger charge is -2.27. The van der Waals surface area contributed by atoms with Crippen molar-refractivity contribution in [3.63, 3.8) is 0 Å². The Morgan fingerprint density at radius 1 is 0.917 bits per heavy atom. The summed E-state index contributed by atoms with van der Waals surface area (Å²) < 4.78 is 11.3. The van der Waals surface area contributed by atoms with E-state index < -0.39 is 17.7 Å². The maximum absolute atomic E-state index is 13.5. The van der Waals surface area contributed by atoms with Crippen LogP contribution in [0.25, 0.3) is 5.76 Å². The molecule has 3 aromatic carbocycles. The molecule has 5 rings (SSSR count). The van der Waals surface area contributed by atoms with Gasteiger partial charge in [0.2, 0.25) is 0 Å². The molecule has 0 aromatic heterocycles. The van der Waals surface area contributed by atoms with Crippen molar-refractivity contribution < 1.29 is 24.2 Å². The Morgan fingerprint density at radius 3 is 2.31 bits per heavy atom. The molecule has 1 unspecified atom stereocenters. The van der Waals surface area contributed by atoms with Crippen molar-refractivity contribution in [2.24, 2.45) is 0 Å². The maximum Gasteiger partial charge on any atom is 0.300 e. The smallest absolute Gasteiger partial charge is 0.300 e. The molecular formula is C30H29NO5. The molecule has 1 atom stereocenters. The largest absolute Gasteiger partial charge is 0.507 e. The molecule has 1 N–H and O–H groups in total. The predicted molar refractivity (Wildman–Crippen MR) is 139 cm³/mol. The molecule has 0 saturated carbocycles. The average Bonchev–Trinajstić information content (AvgIpc) is 3.13. The van der Waals surface area contributed by atoms with E-state index in [-0.39, 0.29) is 16.7 Å². The molecule has 6 nitrogen and oxygen atoms in total.